The highest BCUT2D eigenvalue weighted by atomic mass is 16.3. The molecule has 1 aromatic heterocycles. The first kappa shape index (κ1) is 7.15. The summed E-state index contributed by atoms with van der Waals surface area (Å²) < 4.78 is 2.14. The van der Waals surface area contributed by atoms with Gasteiger partial charge in [-0.2, -0.15) is 0 Å². The second-order valence-electron chi connectivity index (χ2n) is 3.68. The van der Waals surface area contributed by atoms with Crippen LogP contribution >= 0.6 is 0 Å². The molecule has 0 fully saturated rings. The predicted octanol–water partition coefficient (Wildman–Crippen LogP) is 1.56. The molecule has 0 saturated carbocycles. The van der Waals surface area contributed by atoms with Gasteiger partial charge in [-0.15, -0.1) is 0 Å². The van der Waals surface area contributed by atoms with Crippen molar-refractivity contribution in [3.8, 4) is 0 Å². The van der Waals surface area contributed by atoms with E-state index in [1.165, 1.54) is 16.5 Å². The van der Waals surface area contributed by atoms with Crippen molar-refractivity contribution >= 4 is 10.9 Å². The lowest BCUT2D eigenvalue weighted by atomic mass is 10.0. The van der Waals surface area contributed by atoms with E-state index in [0.717, 1.165) is 13.0 Å². The van der Waals surface area contributed by atoms with Crippen molar-refractivity contribution in [2.75, 3.05) is 0 Å². The van der Waals surface area contributed by atoms with E-state index in [2.05, 4.69) is 35.0 Å². The SMILES string of the molecule is OC1Cc2cccc3ccn(c23)C1. The Hall–Kier alpha value is -1.28. The van der Waals surface area contributed by atoms with Crippen molar-refractivity contribution in [1.29, 1.82) is 0 Å². The summed E-state index contributed by atoms with van der Waals surface area (Å²) in [5.74, 6) is 0. The maximum Gasteiger partial charge on any atom is 0.0760 e. The van der Waals surface area contributed by atoms with Crippen LogP contribution in [0, 0.1) is 0 Å². The molecule has 3 rings (SSSR count). The fraction of sp³-hybridized carbons (Fsp3) is 0.273. The van der Waals surface area contributed by atoms with Gasteiger partial charge in [0.05, 0.1) is 11.6 Å². The number of nitrogens with zero attached hydrogens (tertiary/aromatic N) is 1. The van der Waals surface area contributed by atoms with Gasteiger partial charge in [-0.25, -0.2) is 0 Å². The molecule has 2 nitrogen and oxygen atoms in total. The second-order valence-corrected chi connectivity index (χ2v) is 3.68. The van der Waals surface area contributed by atoms with Crippen LogP contribution in [-0.2, 0) is 13.0 Å². The van der Waals surface area contributed by atoms with Crippen molar-refractivity contribution in [3.63, 3.8) is 0 Å². The van der Waals surface area contributed by atoms with Crippen molar-refractivity contribution < 1.29 is 5.11 Å². The zero-order valence-corrected chi connectivity index (χ0v) is 7.27. The molecule has 1 N–H and O–H groups in total. The summed E-state index contributed by atoms with van der Waals surface area (Å²) in [6, 6.07) is 8.38. The predicted molar refractivity (Wildman–Crippen MR) is 51.6 cm³/mol. The molecule has 2 heteroatoms. The zero-order chi connectivity index (χ0) is 8.84. The fourth-order valence-electron chi connectivity index (χ4n) is 2.20. The summed E-state index contributed by atoms with van der Waals surface area (Å²) in [5, 5.41) is 10.9. The summed E-state index contributed by atoms with van der Waals surface area (Å²) >= 11 is 0. The monoisotopic (exact) mass is 173 g/mol. The molecule has 0 aliphatic carbocycles. The number of rotatable bonds is 0. The average molecular weight is 173 g/mol. The Bertz CT molecular complexity index is 458. The van der Waals surface area contributed by atoms with Crippen LogP contribution in [0.5, 0.6) is 0 Å². The smallest absolute Gasteiger partial charge is 0.0760 e. The maximum atomic E-state index is 9.61. The van der Waals surface area contributed by atoms with Gasteiger partial charge >= 0.3 is 0 Å². The number of hydrogen-bond acceptors (Lipinski definition) is 1. The van der Waals surface area contributed by atoms with Gasteiger partial charge < -0.3 is 9.67 Å². The summed E-state index contributed by atoms with van der Waals surface area (Å²) in [6.45, 7) is 0.737. The van der Waals surface area contributed by atoms with Crippen LogP contribution in [0.25, 0.3) is 10.9 Å². The van der Waals surface area contributed by atoms with Gasteiger partial charge in [-0.1, -0.05) is 18.2 Å². The zero-order valence-electron chi connectivity index (χ0n) is 7.27. The van der Waals surface area contributed by atoms with Crippen LogP contribution in [0.2, 0.25) is 0 Å². The van der Waals surface area contributed by atoms with Crippen molar-refractivity contribution in [1.82, 2.24) is 4.57 Å². The molecule has 13 heavy (non-hydrogen) atoms. The average Bonchev–Trinajstić information content (AvgIpc) is 2.50. The Labute approximate surface area is 76.4 Å². The van der Waals surface area contributed by atoms with E-state index >= 15 is 0 Å². The Morgan fingerprint density at radius 3 is 3.15 bits per heavy atom. The molecule has 1 aromatic carbocycles. The number of hydrogen-bond donors (Lipinski definition) is 1. The van der Waals surface area contributed by atoms with Gasteiger partial charge in [0, 0.05) is 19.2 Å². The Morgan fingerprint density at radius 1 is 1.31 bits per heavy atom. The number of aromatic nitrogens is 1. The Morgan fingerprint density at radius 2 is 2.23 bits per heavy atom. The molecule has 0 bridgehead atoms. The normalized spacial score (nSPS) is 20.8. The third-order valence-electron chi connectivity index (χ3n) is 2.74. The number of aliphatic hydroxyl groups is 1. The van der Waals surface area contributed by atoms with Crippen LogP contribution in [0.15, 0.2) is 30.5 Å². The van der Waals surface area contributed by atoms with Gasteiger partial charge in [-0.3, -0.25) is 0 Å². The fourth-order valence-corrected chi connectivity index (χ4v) is 2.20. The minimum atomic E-state index is -0.217. The van der Waals surface area contributed by atoms with Crippen molar-refractivity contribution in [3.05, 3.63) is 36.0 Å². The van der Waals surface area contributed by atoms with Crippen LogP contribution in [-0.4, -0.2) is 15.8 Å². The highest BCUT2D eigenvalue weighted by Gasteiger charge is 2.17. The molecule has 0 amide bonds. The molecule has 0 radical (unpaired) electrons. The van der Waals surface area contributed by atoms with Crippen LogP contribution < -0.4 is 0 Å². The summed E-state index contributed by atoms with van der Waals surface area (Å²) in [4.78, 5) is 0. The summed E-state index contributed by atoms with van der Waals surface area (Å²) in [5.41, 5.74) is 2.56. The minimum Gasteiger partial charge on any atom is -0.391 e. The third kappa shape index (κ3) is 0.923. The second kappa shape index (κ2) is 2.36. The quantitative estimate of drug-likeness (QED) is 0.642. The number of para-hydroxylation sites is 1. The molecule has 66 valence electrons. The molecule has 0 saturated heterocycles. The highest BCUT2D eigenvalue weighted by molar-refractivity contribution is 5.83. The summed E-state index contributed by atoms with van der Waals surface area (Å²) in [7, 11) is 0. The van der Waals surface area contributed by atoms with Gasteiger partial charge in [0.2, 0.25) is 0 Å². The van der Waals surface area contributed by atoms with Crippen LogP contribution in [0.3, 0.4) is 0 Å². The maximum absolute atomic E-state index is 9.61. The van der Waals surface area contributed by atoms with E-state index in [4.69, 9.17) is 0 Å². The lowest BCUT2D eigenvalue weighted by molar-refractivity contribution is 0.151. The molecular formula is C11H11NO. The first-order valence-corrected chi connectivity index (χ1v) is 4.59. The topological polar surface area (TPSA) is 25.2 Å². The van der Waals surface area contributed by atoms with Crippen LogP contribution in [0.4, 0.5) is 0 Å². The lowest BCUT2D eigenvalue weighted by Gasteiger charge is -2.20. The Balaban J connectivity index is 2.38. The minimum absolute atomic E-state index is 0.217. The molecule has 1 atom stereocenters. The third-order valence-corrected chi connectivity index (χ3v) is 2.74. The first-order valence-electron chi connectivity index (χ1n) is 4.59. The summed E-state index contributed by atoms with van der Waals surface area (Å²) in [6.07, 6.45) is 2.63. The lowest BCUT2D eigenvalue weighted by Crippen LogP contribution is -2.22. The van der Waals surface area contributed by atoms with Gasteiger partial charge in [0.15, 0.2) is 0 Å². The molecule has 2 aromatic rings. The molecular weight excluding hydrogens is 162 g/mol. The van der Waals surface area contributed by atoms with Crippen molar-refractivity contribution in [2.45, 2.75) is 19.1 Å². The standard InChI is InChI=1S/C11H11NO/c13-10-6-9-3-1-2-8-4-5-12(7-10)11(8)9/h1-5,10,13H,6-7H2. The van der Waals surface area contributed by atoms with Gasteiger partial charge in [0.25, 0.3) is 0 Å². The molecule has 0 spiro atoms. The van der Waals surface area contributed by atoms with E-state index in [1.807, 2.05) is 0 Å². The first-order chi connectivity index (χ1) is 6.34. The number of aliphatic hydroxyl groups excluding tert-OH is 1. The molecule has 1 aliphatic heterocycles. The number of benzene rings is 1. The van der Waals surface area contributed by atoms with E-state index in [-0.39, 0.29) is 6.10 Å². The highest BCUT2D eigenvalue weighted by Crippen LogP contribution is 2.25. The van der Waals surface area contributed by atoms with E-state index in [9.17, 15) is 5.11 Å². The van der Waals surface area contributed by atoms with Gasteiger partial charge in [0.1, 0.15) is 0 Å². The van der Waals surface area contributed by atoms with E-state index in [1.54, 1.807) is 0 Å². The Kier molecular flexibility index (Phi) is 1.30. The van der Waals surface area contributed by atoms with Crippen LogP contribution in [0.1, 0.15) is 5.56 Å². The molecule has 1 aliphatic rings. The largest absolute Gasteiger partial charge is 0.391 e. The molecule has 1 unspecified atom stereocenters. The molecule has 2 heterocycles. The van der Waals surface area contributed by atoms with Gasteiger partial charge in [-0.05, 0) is 17.0 Å². The van der Waals surface area contributed by atoms with E-state index in [0.29, 0.717) is 0 Å². The van der Waals surface area contributed by atoms with E-state index < -0.39 is 0 Å². The van der Waals surface area contributed by atoms with Crippen molar-refractivity contribution in [2.24, 2.45) is 0 Å².